The minimum absolute atomic E-state index is 0.0348. The van der Waals surface area contributed by atoms with Crippen molar-refractivity contribution >= 4 is 23.3 Å². The molecule has 118 valence electrons. The van der Waals surface area contributed by atoms with E-state index in [2.05, 4.69) is 19.6 Å². The first kappa shape index (κ1) is 17.0. The van der Waals surface area contributed by atoms with E-state index in [-0.39, 0.29) is 24.8 Å². The van der Waals surface area contributed by atoms with Crippen LogP contribution in [0.3, 0.4) is 0 Å². The van der Waals surface area contributed by atoms with Crippen molar-refractivity contribution in [3.05, 3.63) is 28.4 Å². The lowest BCUT2D eigenvalue weighted by molar-refractivity contribution is -0.385. The maximum atomic E-state index is 11.6. The number of carbonyl (C=O) groups is 2. The molecule has 0 N–H and O–H groups in total. The van der Waals surface area contributed by atoms with Crippen molar-refractivity contribution in [2.75, 3.05) is 13.2 Å². The van der Waals surface area contributed by atoms with Gasteiger partial charge in [0.15, 0.2) is 0 Å². The number of aromatic nitrogens is 1. The van der Waals surface area contributed by atoms with Gasteiger partial charge in [0.25, 0.3) is 11.4 Å². The smallest absolute Gasteiger partial charge is 0.368 e. The van der Waals surface area contributed by atoms with Gasteiger partial charge in [-0.2, -0.15) is 0 Å². The summed E-state index contributed by atoms with van der Waals surface area (Å²) in [5, 5.41) is 13.8. The fraction of sp³-hybridized carbons (Fsp3) is 0.333. The summed E-state index contributed by atoms with van der Waals surface area (Å²) in [5.74, 6) is -2.16. The zero-order chi connectivity index (χ0) is 16.5. The molecule has 0 unspecified atom stereocenters. The number of nitro groups is 1. The summed E-state index contributed by atoms with van der Waals surface area (Å²) >= 11 is 0. The van der Waals surface area contributed by atoms with Gasteiger partial charge in [0.2, 0.25) is 5.88 Å². The highest BCUT2D eigenvalue weighted by Gasteiger charge is 2.24. The van der Waals surface area contributed by atoms with Crippen LogP contribution in [0.4, 0.5) is 5.69 Å². The van der Waals surface area contributed by atoms with Gasteiger partial charge in [0.1, 0.15) is 6.20 Å². The maximum absolute atomic E-state index is 11.6. The molecule has 0 spiro atoms. The van der Waals surface area contributed by atoms with Crippen LogP contribution in [0.1, 0.15) is 13.8 Å². The second-order valence-corrected chi connectivity index (χ2v) is 3.58. The lowest BCUT2D eigenvalue weighted by Crippen LogP contribution is -2.29. The molecular formula is C12H13N3O7. The van der Waals surface area contributed by atoms with Crippen LogP contribution in [0.2, 0.25) is 0 Å². The molecule has 0 aliphatic carbocycles. The number of rotatable bonds is 7. The van der Waals surface area contributed by atoms with E-state index in [0.717, 1.165) is 18.3 Å². The van der Waals surface area contributed by atoms with E-state index in [9.17, 15) is 19.7 Å². The molecule has 0 radical (unpaired) electrons. The van der Waals surface area contributed by atoms with Crippen LogP contribution in [0.5, 0.6) is 5.88 Å². The number of ether oxygens (including phenoxy) is 2. The van der Waals surface area contributed by atoms with Crippen molar-refractivity contribution in [1.29, 1.82) is 0 Å². The molecule has 0 amide bonds. The lowest BCUT2D eigenvalue weighted by Gasteiger charge is -2.05. The maximum Gasteiger partial charge on any atom is 0.368 e. The first-order chi connectivity index (χ1) is 10.5. The minimum atomic E-state index is -1.01. The van der Waals surface area contributed by atoms with Gasteiger partial charge in [-0.25, -0.2) is 14.6 Å². The zero-order valence-corrected chi connectivity index (χ0v) is 11.8. The van der Waals surface area contributed by atoms with E-state index in [1.807, 2.05) is 0 Å². The number of oxime groups is 1. The fourth-order valence-corrected chi connectivity index (χ4v) is 1.18. The van der Waals surface area contributed by atoms with Gasteiger partial charge in [-0.1, -0.05) is 5.16 Å². The molecule has 0 saturated carbocycles. The quantitative estimate of drug-likeness (QED) is 0.238. The van der Waals surface area contributed by atoms with Gasteiger partial charge in [-0.3, -0.25) is 10.1 Å². The number of hydrogen-bond donors (Lipinski definition) is 0. The molecule has 10 nitrogen and oxygen atoms in total. The SMILES string of the molecule is CCOC(=O)C(=NOc1ccc([N+](=O)[O-])cn1)C(=O)OCC. The van der Waals surface area contributed by atoms with Crippen LogP contribution in [-0.2, 0) is 19.1 Å². The van der Waals surface area contributed by atoms with Crippen molar-refractivity contribution in [3.63, 3.8) is 0 Å². The highest BCUT2D eigenvalue weighted by atomic mass is 16.6. The Morgan fingerprint density at radius 1 is 1.23 bits per heavy atom. The topological polar surface area (TPSA) is 130 Å². The summed E-state index contributed by atoms with van der Waals surface area (Å²) in [6, 6.07) is 2.29. The Bertz CT molecular complexity index is 563. The molecular weight excluding hydrogens is 298 g/mol. The molecule has 1 rings (SSSR count). The van der Waals surface area contributed by atoms with Crippen molar-refractivity contribution in [1.82, 2.24) is 4.98 Å². The van der Waals surface area contributed by atoms with Gasteiger partial charge < -0.3 is 14.3 Å². The van der Waals surface area contributed by atoms with Crippen LogP contribution in [0, 0.1) is 10.1 Å². The second-order valence-electron chi connectivity index (χ2n) is 3.58. The number of nitrogens with zero attached hydrogens (tertiary/aromatic N) is 3. The van der Waals surface area contributed by atoms with Gasteiger partial charge >= 0.3 is 11.9 Å². The highest BCUT2D eigenvalue weighted by molar-refractivity contribution is 6.62. The Labute approximate surface area is 124 Å². The average molecular weight is 311 g/mol. The van der Waals surface area contributed by atoms with Crippen molar-refractivity contribution in [2.45, 2.75) is 13.8 Å². The van der Waals surface area contributed by atoms with Gasteiger partial charge in [0.05, 0.1) is 18.1 Å². The third-order valence-electron chi connectivity index (χ3n) is 2.10. The molecule has 0 fully saturated rings. The predicted octanol–water partition coefficient (Wildman–Crippen LogP) is 0.851. The predicted molar refractivity (Wildman–Crippen MR) is 72.2 cm³/mol. The normalized spacial score (nSPS) is 9.55. The Hall–Kier alpha value is -3.04. The molecule has 22 heavy (non-hydrogen) atoms. The highest BCUT2D eigenvalue weighted by Crippen LogP contribution is 2.13. The summed E-state index contributed by atoms with van der Waals surface area (Å²) in [6.45, 7) is 3.18. The van der Waals surface area contributed by atoms with Crippen LogP contribution in [-0.4, -0.2) is 40.8 Å². The molecule has 10 heteroatoms. The first-order valence-corrected chi connectivity index (χ1v) is 6.19. The van der Waals surface area contributed by atoms with E-state index < -0.39 is 22.6 Å². The largest absolute Gasteiger partial charge is 0.461 e. The lowest BCUT2D eigenvalue weighted by atomic mass is 10.4. The zero-order valence-electron chi connectivity index (χ0n) is 11.8. The van der Waals surface area contributed by atoms with Crippen LogP contribution in [0.15, 0.2) is 23.5 Å². The van der Waals surface area contributed by atoms with Crippen molar-refractivity contribution in [2.24, 2.45) is 5.16 Å². The second kappa shape index (κ2) is 8.29. The molecule has 0 saturated heterocycles. The Morgan fingerprint density at radius 2 is 1.82 bits per heavy atom. The summed E-state index contributed by atoms with van der Waals surface area (Å²) in [4.78, 5) is 41.4. The number of carbonyl (C=O) groups excluding carboxylic acids is 2. The van der Waals surface area contributed by atoms with Crippen LogP contribution >= 0.6 is 0 Å². The average Bonchev–Trinajstić information content (AvgIpc) is 2.48. The molecule has 0 aliphatic heterocycles. The summed E-state index contributed by atoms with van der Waals surface area (Å²) in [7, 11) is 0. The standard InChI is InChI=1S/C12H13N3O7/c1-3-20-11(16)10(12(17)21-4-2)14-22-9-6-5-8(7-13-9)15(18)19/h5-7H,3-4H2,1-2H3. The van der Waals surface area contributed by atoms with E-state index >= 15 is 0 Å². The van der Waals surface area contributed by atoms with E-state index in [1.165, 1.54) is 0 Å². The molecule has 0 aliphatic rings. The van der Waals surface area contributed by atoms with Gasteiger partial charge in [0, 0.05) is 12.1 Å². The Balaban J connectivity index is 2.89. The van der Waals surface area contributed by atoms with Crippen LogP contribution < -0.4 is 4.84 Å². The van der Waals surface area contributed by atoms with E-state index in [0.29, 0.717) is 0 Å². The molecule has 1 aromatic rings. The number of esters is 2. The molecule has 0 atom stereocenters. The molecule has 0 bridgehead atoms. The third kappa shape index (κ3) is 4.81. The number of hydrogen-bond acceptors (Lipinski definition) is 9. The minimum Gasteiger partial charge on any atom is -0.461 e. The van der Waals surface area contributed by atoms with E-state index in [4.69, 9.17) is 4.84 Å². The molecule has 0 aromatic carbocycles. The van der Waals surface area contributed by atoms with Crippen molar-refractivity contribution in [3.8, 4) is 5.88 Å². The molecule has 1 heterocycles. The van der Waals surface area contributed by atoms with Crippen molar-refractivity contribution < 1.29 is 28.8 Å². The molecule has 1 aromatic heterocycles. The van der Waals surface area contributed by atoms with Gasteiger partial charge in [-0.15, -0.1) is 0 Å². The summed E-state index contributed by atoms with van der Waals surface area (Å²) < 4.78 is 9.30. The Kier molecular flexibility index (Phi) is 6.41. The number of pyridine rings is 1. The van der Waals surface area contributed by atoms with E-state index in [1.54, 1.807) is 13.8 Å². The fourth-order valence-electron chi connectivity index (χ4n) is 1.18. The first-order valence-electron chi connectivity index (χ1n) is 6.19. The third-order valence-corrected chi connectivity index (χ3v) is 2.10. The summed E-state index contributed by atoms with van der Waals surface area (Å²) in [5.41, 5.74) is -0.934. The van der Waals surface area contributed by atoms with Gasteiger partial charge in [-0.05, 0) is 13.8 Å². The summed E-state index contributed by atoms with van der Waals surface area (Å²) in [6.07, 6.45) is 0.944. The monoisotopic (exact) mass is 311 g/mol. The van der Waals surface area contributed by atoms with Crippen LogP contribution in [0.25, 0.3) is 0 Å². The Morgan fingerprint density at radius 3 is 2.23 bits per heavy atom.